The largest absolute Gasteiger partial charge is 0.429 e. The van der Waals surface area contributed by atoms with E-state index in [9.17, 15) is 35.1 Å². The van der Waals surface area contributed by atoms with Gasteiger partial charge in [0.25, 0.3) is 0 Å². The molecule has 4 aromatic carbocycles. The molecule has 0 aromatic heterocycles. The van der Waals surface area contributed by atoms with Crippen molar-refractivity contribution in [2.45, 2.75) is 19.0 Å². The third-order valence-electron chi connectivity index (χ3n) is 5.80. The molecule has 196 valence electrons. The molecule has 1 nitrogen and oxygen atoms in total. The van der Waals surface area contributed by atoms with Crippen molar-refractivity contribution < 1.29 is 39.9 Å². The highest BCUT2D eigenvalue weighted by atomic mass is 19.3. The predicted octanol–water partition coefficient (Wildman–Crippen LogP) is 9.10. The number of rotatable bonds is 8. The summed E-state index contributed by atoms with van der Waals surface area (Å²) in [6, 6.07) is 11.9. The van der Waals surface area contributed by atoms with Gasteiger partial charge in [0.1, 0.15) is 11.6 Å². The lowest BCUT2D eigenvalue weighted by molar-refractivity contribution is -0.187. The molecule has 9 heteroatoms. The molecular weight excluding hydrogens is 516 g/mol. The molecule has 0 aliphatic rings. The number of ether oxygens (including phenoxy) is 1. The van der Waals surface area contributed by atoms with E-state index < -0.39 is 52.3 Å². The molecular formula is C29H18F8O. The Labute approximate surface area is 212 Å². The van der Waals surface area contributed by atoms with E-state index in [1.54, 1.807) is 6.08 Å². The fraction of sp³-hybridized carbons (Fsp3) is 0.103. The SMILES string of the molecule is C=CCCc1ccc(-c2ccc(-c3ccc(C(F)(F)Oc4cc(F)c(F)c(F)c4)c(F)c3)cc2)c(F)c1F. The summed E-state index contributed by atoms with van der Waals surface area (Å²) in [5.41, 5.74) is -0.0843. The first-order valence-corrected chi connectivity index (χ1v) is 11.2. The van der Waals surface area contributed by atoms with Crippen LogP contribution in [0.4, 0.5) is 35.1 Å². The van der Waals surface area contributed by atoms with Crippen LogP contribution in [-0.4, -0.2) is 0 Å². The number of halogens is 8. The topological polar surface area (TPSA) is 9.23 Å². The Bertz CT molecular complexity index is 1470. The lowest BCUT2D eigenvalue weighted by Crippen LogP contribution is -2.23. The first-order chi connectivity index (χ1) is 18.0. The molecule has 0 N–H and O–H groups in total. The summed E-state index contributed by atoms with van der Waals surface area (Å²) in [5.74, 6) is -9.76. The van der Waals surface area contributed by atoms with Gasteiger partial charge in [-0.3, -0.25) is 0 Å². The van der Waals surface area contributed by atoms with Crippen molar-refractivity contribution in [2.24, 2.45) is 0 Å². The number of hydrogen-bond donors (Lipinski definition) is 0. The minimum Gasteiger partial charge on any atom is -0.429 e. The van der Waals surface area contributed by atoms with Crippen LogP contribution in [0.5, 0.6) is 5.75 Å². The van der Waals surface area contributed by atoms with Crippen molar-refractivity contribution in [1.82, 2.24) is 0 Å². The maximum absolute atomic E-state index is 14.7. The summed E-state index contributed by atoms with van der Waals surface area (Å²) in [4.78, 5) is 0. The van der Waals surface area contributed by atoms with Crippen LogP contribution in [0.2, 0.25) is 0 Å². The predicted molar refractivity (Wildman–Crippen MR) is 127 cm³/mol. The molecule has 0 aliphatic heterocycles. The van der Waals surface area contributed by atoms with E-state index in [1.807, 2.05) is 0 Å². The summed E-state index contributed by atoms with van der Waals surface area (Å²) >= 11 is 0. The molecule has 0 unspecified atom stereocenters. The monoisotopic (exact) mass is 534 g/mol. The summed E-state index contributed by atoms with van der Waals surface area (Å²) in [6.07, 6.45) is -1.96. The second-order valence-electron chi connectivity index (χ2n) is 8.32. The first-order valence-electron chi connectivity index (χ1n) is 11.2. The molecule has 0 atom stereocenters. The van der Waals surface area contributed by atoms with Gasteiger partial charge in [0.2, 0.25) is 0 Å². The Kier molecular flexibility index (Phi) is 7.57. The Hall–Kier alpha value is -4.14. The van der Waals surface area contributed by atoms with Crippen LogP contribution in [0.15, 0.2) is 79.4 Å². The van der Waals surface area contributed by atoms with E-state index in [-0.39, 0.29) is 28.8 Å². The fourth-order valence-corrected chi connectivity index (χ4v) is 3.83. The van der Waals surface area contributed by atoms with Crippen LogP contribution in [0.3, 0.4) is 0 Å². The van der Waals surface area contributed by atoms with Crippen LogP contribution < -0.4 is 4.74 Å². The van der Waals surface area contributed by atoms with Crippen molar-refractivity contribution in [3.05, 3.63) is 125 Å². The quantitative estimate of drug-likeness (QED) is 0.124. The Morgan fingerprint density at radius 1 is 0.658 bits per heavy atom. The van der Waals surface area contributed by atoms with Crippen molar-refractivity contribution in [3.8, 4) is 28.0 Å². The van der Waals surface area contributed by atoms with Gasteiger partial charge < -0.3 is 4.74 Å². The van der Waals surface area contributed by atoms with Crippen molar-refractivity contribution in [3.63, 3.8) is 0 Å². The van der Waals surface area contributed by atoms with E-state index in [0.717, 1.165) is 18.2 Å². The van der Waals surface area contributed by atoms with Gasteiger partial charge in [0.05, 0.1) is 5.56 Å². The number of allylic oxidation sites excluding steroid dienone is 1. The molecule has 0 aliphatic carbocycles. The summed E-state index contributed by atoms with van der Waals surface area (Å²) in [7, 11) is 0. The Balaban J connectivity index is 1.57. The average molecular weight is 534 g/mol. The van der Waals surface area contributed by atoms with E-state index in [2.05, 4.69) is 11.3 Å². The first kappa shape index (κ1) is 26.9. The minimum absolute atomic E-state index is 0.0170. The van der Waals surface area contributed by atoms with Crippen LogP contribution in [0, 0.1) is 34.9 Å². The fourth-order valence-electron chi connectivity index (χ4n) is 3.83. The normalized spacial score (nSPS) is 11.5. The van der Waals surface area contributed by atoms with E-state index in [0.29, 0.717) is 24.0 Å². The van der Waals surface area contributed by atoms with Gasteiger partial charge in [-0.25, -0.2) is 26.3 Å². The molecule has 4 aromatic rings. The molecule has 0 bridgehead atoms. The van der Waals surface area contributed by atoms with Crippen LogP contribution in [0.25, 0.3) is 22.3 Å². The molecule has 0 saturated carbocycles. The second kappa shape index (κ2) is 10.7. The highest BCUT2D eigenvalue weighted by Gasteiger charge is 2.38. The highest BCUT2D eigenvalue weighted by Crippen LogP contribution is 2.36. The molecule has 0 heterocycles. The standard InChI is InChI=1S/C29H18F8O/c1-2-3-4-18-9-11-21(27(34)26(18)33)17-7-5-16(6-8-17)19-10-12-22(23(30)13-19)29(36,37)38-20-14-24(31)28(35)25(32)15-20/h2,5-15H,1,3-4H2. The third kappa shape index (κ3) is 5.41. The van der Waals surface area contributed by atoms with E-state index in [4.69, 9.17) is 0 Å². The lowest BCUT2D eigenvalue weighted by atomic mass is 9.97. The summed E-state index contributed by atoms with van der Waals surface area (Å²) < 4.78 is 117. The van der Waals surface area contributed by atoms with Gasteiger partial charge in [0.15, 0.2) is 29.1 Å². The van der Waals surface area contributed by atoms with Crippen molar-refractivity contribution in [1.29, 1.82) is 0 Å². The number of hydrogen-bond acceptors (Lipinski definition) is 1. The van der Waals surface area contributed by atoms with Crippen LogP contribution in [0.1, 0.15) is 17.5 Å². The third-order valence-corrected chi connectivity index (χ3v) is 5.80. The van der Waals surface area contributed by atoms with E-state index in [1.165, 1.54) is 36.4 Å². The molecule has 38 heavy (non-hydrogen) atoms. The van der Waals surface area contributed by atoms with Gasteiger partial charge in [-0.2, -0.15) is 8.78 Å². The molecule has 0 radical (unpaired) electrons. The maximum Gasteiger partial charge on any atom is 0.429 e. The van der Waals surface area contributed by atoms with Crippen LogP contribution in [-0.2, 0) is 12.5 Å². The van der Waals surface area contributed by atoms with Gasteiger partial charge in [-0.05, 0) is 47.2 Å². The second-order valence-corrected chi connectivity index (χ2v) is 8.32. The van der Waals surface area contributed by atoms with Gasteiger partial charge in [0, 0.05) is 17.7 Å². The summed E-state index contributed by atoms with van der Waals surface area (Å²) in [5, 5.41) is 0. The van der Waals surface area contributed by atoms with Crippen molar-refractivity contribution in [2.75, 3.05) is 0 Å². The molecule has 4 rings (SSSR count). The zero-order valence-corrected chi connectivity index (χ0v) is 19.5. The molecule has 0 saturated heterocycles. The van der Waals surface area contributed by atoms with Crippen molar-refractivity contribution >= 4 is 0 Å². The highest BCUT2D eigenvalue weighted by molar-refractivity contribution is 5.71. The molecule has 0 fully saturated rings. The minimum atomic E-state index is -4.34. The number of aryl methyl sites for hydroxylation is 1. The smallest absolute Gasteiger partial charge is 0.429 e. The van der Waals surface area contributed by atoms with Gasteiger partial charge in [-0.1, -0.05) is 48.5 Å². The van der Waals surface area contributed by atoms with Gasteiger partial charge in [-0.15, -0.1) is 6.58 Å². The average Bonchev–Trinajstić information content (AvgIpc) is 2.88. The zero-order chi connectivity index (χ0) is 27.6. The Morgan fingerprint density at radius 2 is 1.26 bits per heavy atom. The van der Waals surface area contributed by atoms with Gasteiger partial charge >= 0.3 is 6.11 Å². The Morgan fingerprint density at radius 3 is 1.87 bits per heavy atom. The number of benzene rings is 4. The maximum atomic E-state index is 14.7. The van der Waals surface area contributed by atoms with E-state index >= 15 is 0 Å². The molecule has 0 amide bonds. The lowest BCUT2D eigenvalue weighted by Gasteiger charge is -2.19. The van der Waals surface area contributed by atoms with Crippen LogP contribution >= 0.6 is 0 Å². The zero-order valence-electron chi connectivity index (χ0n) is 19.5. The summed E-state index contributed by atoms with van der Waals surface area (Å²) in [6.45, 7) is 3.55. The molecule has 0 spiro atoms. The number of alkyl halides is 2.